The van der Waals surface area contributed by atoms with Gasteiger partial charge < -0.3 is 0 Å². The Labute approximate surface area is 178 Å². The Kier molecular flexibility index (Phi) is 6.62. The number of hydrogen-bond acceptors (Lipinski definition) is 1. The number of aryl methyl sites for hydroxylation is 1. The number of carbonyl (C=O) groups is 1. The van der Waals surface area contributed by atoms with Gasteiger partial charge in [0.15, 0.2) is 5.78 Å². The fraction of sp³-hybridized carbons (Fsp3) is 0.522. The van der Waals surface area contributed by atoms with E-state index in [0.717, 1.165) is 27.3 Å². The second-order valence-electron chi connectivity index (χ2n) is 9.49. The minimum Gasteiger partial charge on any atom is -0.294 e. The monoisotopic (exact) mass is 426 g/mol. The summed E-state index contributed by atoms with van der Waals surface area (Å²) in [6, 6.07) is 4.29. The molecular weight excluding hydrogens is 399 g/mol. The molecule has 0 atom stereocenters. The number of carbonyl (C=O) groups excluding carboxylic acids is 1. The molecule has 1 nitrogen and oxygen atoms in total. The van der Waals surface area contributed by atoms with Crippen LogP contribution in [0.1, 0.15) is 78.0 Å². The Hall–Kier alpha value is -0.760. The van der Waals surface area contributed by atoms with Gasteiger partial charge in [0.2, 0.25) is 0 Å². The fourth-order valence-electron chi connectivity index (χ4n) is 3.29. The molecule has 1 aromatic rings. The first-order valence-corrected chi connectivity index (χ1v) is 10.5. The van der Waals surface area contributed by atoms with E-state index in [2.05, 4.69) is 53.7 Å². The number of ketones is 1. The third-order valence-electron chi connectivity index (χ3n) is 5.00. The van der Waals surface area contributed by atoms with Gasteiger partial charge in [-0.2, -0.15) is 0 Å². The topological polar surface area (TPSA) is 17.1 Å². The van der Waals surface area contributed by atoms with Crippen LogP contribution in [-0.4, -0.2) is 5.78 Å². The predicted octanol–water partition coefficient (Wildman–Crippen LogP) is 7.85. The molecule has 0 radical (unpaired) electrons. The van der Waals surface area contributed by atoms with Crippen molar-refractivity contribution in [1.82, 2.24) is 0 Å². The zero-order chi connectivity index (χ0) is 20.7. The highest BCUT2D eigenvalue weighted by Gasteiger charge is 2.27. The summed E-state index contributed by atoms with van der Waals surface area (Å²) in [4.78, 5) is 12.7. The van der Waals surface area contributed by atoms with Crippen LogP contribution in [0.25, 0.3) is 0 Å². The van der Waals surface area contributed by atoms with E-state index in [1.54, 1.807) is 0 Å². The normalized spacial score (nSPS) is 15.8. The van der Waals surface area contributed by atoms with E-state index in [-0.39, 0.29) is 16.6 Å². The third-order valence-corrected chi connectivity index (χ3v) is 6.43. The lowest BCUT2D eigenvalue weighted by atomic mass is 9.79. The Bertz CT molecular complexity index is 795. The molecule has 1 aliphatic carbocycles. The number of halogens is 3. The Balaban J connectivity index is 2.31. The molecular formula is C23H29Cl3O. The fourth-order valence-corrected chi connectivity index (χ4v) is 4.48. The smallest absolute Gasteiger partial charge is 0.161 e. The molecule has 27 heavy (non-hydrogen) atoms. The molecule has 2 rings (SSSR count). The minimum atomic E-state index is -0.0665. The predicted molar refractivity (Wildman–Crippen MR) is 118 cm³/mol. The molecule has 0 N–H and O–H groups in total. The van der Waals surface area contributed by atoms with Crippen molar-refractivity contribution in [3.63, 3.8) is 0 Å². The van der Waals surface area contributed by atoms with Gasteiger partial charge >= 0.3 is 0 Å². The molecule has 4 heteroatoms. The quantitative estimate of drug-likeness (QED) is 0.478. The summed E-state index contributed by atoms with van der Waals surface area (Å²) < 4.78 is 0. The largest absolute Gasteiger partial charge is 0.294 e. The second kappa shape index (κ2) is 7.93. The van der Waals surface area contributed by atoms with Crippen molar-refractivity contribution in [3.05, 3.63) is 55.1 Å². The van der Waals surface area contributed by atoms with Gasteiger partial charge in [-0.05, 0) is 52.9 Å². The number of benzene rings is 1. The number of Topliss-reactive ketones (excluding diaryl/α,β-unsaturated/α-hetero) is 1. The molecule has 148 valence electrons. The lowest BCUT2D eigenvalue weighted by Gasteiger charge is -2.28. The molecule has 0 saturated carbocycles. The van der Waals surface area contributed by atoms with Gasteiger partial charge in [-0.1, -0.05) is 88.5 Å². The van der Waals surface area contributed by atoms with E-state index >= 15 is 0 Å². The van der Waals surface area contributed by atoms with Gasteiger partial charge in [0.05, 0.1) is 10.1 Å². The highest BCUT2D eigenvalue weighted by Crippen LogP contribution is 2.40. The summed E-state index contributed by atoms with van der Waals surface area (Å²) in [5, 5.41) is 1.77. The van der Waals surface area contributed by atoms with Crippen LogP contribution in [0.3, 0.4) is 0 Å². The summed E-state index contributed by atoms with van der Waals surface area (Å²) >= 11 is 19.1. The van der Waals surface area contributed by atoms with Crippen molar-refractivity contribution in [1.29, 1.82) is 0 Å². The van der Waals surface area contributed by atoms with Crippen LogP contribution in [0.4, 0.5) is 0 Å². The lowest BCUT2D eigenvalue weighted by molar-refractivity contribution is -0.115. The van der Waals surface area contributed by atoms with E-state index in [9.17, 15) is 4.79 Å². The zero-order valence-corrected chi connectivity index (χ0v) is 19.6. The maximum absolute atomic E-state index is 12.7. The molecule has 0 amide bonds. The molecule has 0 unspecified atom stereocenters. The van der Waals surface area contributed by atoms with E-state index in [1.807, 2.05) is 6.92 Å². The first kappa shape index (κ1) is 22.5. The van der Waals surface area contributed by atoms with Crippen molar-refractivity contribution >= 4 is 40.6 Å². The van der Waals surface area contributed by atoms with Gasteiger partial charge in [0.1, 0.15) is 0 Å². The van der Waals surface area contributed by atoms with E-state index in [1.165, 1.54) is 0 Å². The Morgan fingerprint density at radius 3 is 1.78 bits per heavy atom. The van der Waals surface area contributed by atoms with Gasteiger partial charge in [-0.15, -0.1) is 0 Å². The Morgan fingerprint density at radius 2 is 1.41 bits per heavy atom. The minimum absolute atomic E-state index is 0.0665. The SMILES string of the molecule is CC1=C(Cl)C(Cl)=C(C(=O)CCc2cc(C(C)(C)C)c(Cl)c(C(C)(C)C)c2)C1. The summed E-state index contributed by atoms with van der Waals surface area (Å²) in [6.45, 7) is 14.9. The Morgan fingerprint density at radius 1 is 0.926 bits per heavy atom. The van der Waals surface area contributed by atoms with E-state index in [4.69, 9.17) is 34.8 Å². The van der Waals surface area contributed by atoms with Crippen LogP contribution in [0.15, 0.2) is 33.3 Å². The maximum atomic E-state index is 12.7. The average Bonchev–Trinajstić information content (AvgIpc) is 2.79. The van der Waals surface area contributed by atoms with Crippen LogP contribution in [0.2, 0.25) is 5.02 Å². The van der Waals surface area contributed by atoms with Crippen LogP contribution >= 0.6 is 34.8 Å². The molecule has 0 spiro atoms. The summed E-state index contributed by atoms with van der Waals surface area (Å²) in [6.07, 6.45) is 1.63. The summed E-state index contributed by atoms with van der Waals surface area (Å²) in [5.41, 5.74) is 4.84. The number of rotatable bonds is 4. The highest BCUT2D eigenvalue weighted by atomic mass is 35.5. The van der Waals surface area contributed by atoms with Crippen LogP contribution in [-0.2, 0) is 22.0 Å². The number of allylic oxidation sites excluding steroid dienone is 4. The molecule has 0 aromatic heterocycles. The maximum Gasteiger partial charge on any atom is 0.161 e. The third kappa shape index (κ3) is 5.00. The average molecular weight is 428 g/mol. The van der Waals surface area contributed by atoms with Crippen LogP contribution in [0.5, 0.6) is 0 Å². The lowest BCUT2D eigenvalue weighted by Crippen LogP contribution is -2.19. The highest BCUT2D eigenvalue weighted by molar-refractivity contribution is 6.46. The van der Waals surface area contributed by atoms with Gasteiger partial charge in [0.25, 0.3) is 0 Å². The number of hydrogen-bond donors (Lipinski definition) is 0. The van der Waals surface area contributed by atoms with Crippen LogP contribution in [0, 0.1) is 0 Å². The van der Waals surface area contributed by atoms with Gasteiger partial charge in [0, 0.05) is 17.0 Å². The molecule has 0 bridgehead atoms. The van der Waals surface area contributed by atoms with Crippen molar-refractivity contribution < 1.29 is 4.79 Å². The first-order valence-electron chi connectivity index (χ1n) is 9.34. The standard InChI is InChI=1S/C23H29Cl3O/c1-13-10-15(20(25)19(13)24)18(27)9-8-14-11-16(22(2,3)4)21(26)17(12-14)23(5,6)7/h11-12H,8-10H2,1-7H3. The molecule has 1 aliphatic rings. The van der Waals surface area contributed by atoms with Crippen molar-refractivity contribution in [3.8, 4) is 0 Å². The molecule has 1 aromatic carbocycles. The first-order chi connectivity index (χ1) is 12.2. The van der Waals surface area contributed by atoms with E-state index < -0.39 is 0 Å². The zero-order valence-electron chi connectivity index (χ0n) is 17.3. The molecule has 0 aliphatic heterocycles. The van der Waals surface area contributed by atoms with E-state index in [0.29, 0.717) is 34.9 Å². The van der Waals surface area contributed by atoms with Crippen LogP contribution < -0.4 is 0 Å². The summed E-state index contributed by atoms with van der Waals surface area (Å²) in [7, 11) is 0. The second-order valence-corrected chi connectivity index (χ2v) is 10.6. The summed E-state index contributed by atoms with van der Waals surface area (Å²) in [5.74, 6) is 0.0690. The van der Waals surface area contributed by atoms with Crippen molar-refractivity contribution in [2.45, 2.75) is 78.6 Å². The van der Waals surface area contributed by atoms with Gasteiger partial charge in [-0.3, -0.25) is 4.79 Å². The van der Waals surface area contributed by atoms with Crippen molar-refractivity contribution in [2.24, 2.45) is 0 Å². The molecule has 0 fully saturated rings. The van der Waals surface area contributed by atoms with Gasteiger partial charge in [-0.25, -0.2) is 0 Å². The molecule has 0 saturated heterocycles. The molecule has 0 heterocycles. The van der Waals surface area contributed by atoms with Crippen molar-refractivity contribution in [2.75, 3.05) is 0 Å².